The summed E-state index contributed by atoms with van der Waals surface area (Å²) in [5.41, 5.74) is 9.74. The summed E-state index contributed by atoms with van der Waals surface area (Å²) in [4.78, 5) is 3.31. The van der Waals surface area contributed by atoms with Gasteiger partial charge in [0.05, 0.1) is 0 Å². The average molecular weight is 202 g/mol. The molecule has 0 saturated carbocycles. The Balaban J connectivity index is 2.35. The van der Waals surface area contributed by atoms with Crippen molar-refractivity contribution in [3.8, 4) is 0 Å². The standard InChI is InChI=1S/C13H18N2/c1-9-4-3-5-12-13(9)11(8-15-12)7-6-10(2)14/h3-5,8,10,15H,6-7,14H2,1-2H3. The number of aryl methyl sites for hydroxylation is 2. The first kappa shape index (κ1) is 10.2. The number of fused-ring (bicyclic) bond motifs is 1. The molecule has 1 aromatic carbocycles. The van der Waals surface area contributed by atoms with Gasteiger partial charge in [-0.1, -0.05) is 12.1 Å². The molecule has 0 aliphatic rings. The Hall–Kier alpha value is -1.28. The van der Waals surface area contributed by atoms with E-state index in [-0.39, 0.29) is 6.04 Å². The van der Waals surface area contributed by atoms with Crippen molar-refractivity contribution in [2.75, 3.05) is 0 Å². The third-order valence-electron chi connectivity index (χ3n) is 2.86. The monoisotopic (exact) mass is 202 g/mol. The summed E-state index contributed by atoms with van der Waals surface area (Å²) >= 11 is 0. The van der Waals surface area contributed by atoms with E-state index in [2.05, 4.69) is 43.2 Å². The summed E-state index contributed by atoms with van der Waals surface area (Å²) in [6, 6.07) is 6.64. The first-order valence-electron chi connectivity index (χ1n) is 5.49. The zero-order chi connectivity index (χ0) is 10.8. The van der Waals surface area contributed by atoms with Crippen LogP contribution in [0.15, 0.2) is 24.4 Å². The zero-order valence-electron chi connectivity index (χ0n) is 9.38. The fourth-order valence-corrected chi connectivity index (χ4v) is 2.03. The van der Waals surface area contributed by atoms with Gasteiger partial charge in [0, 0.05) is 23.1 Å². The number of benzene rings is 1. The van der Waals surface area contributed by atoms with Crippen molar-refractivity contribution < 1.29 is 0 Å². The smallest absolute Gasteiger partial charge is 0.0459 e. The molecular weight excluding hydrogens is 184 g/mol. The number of hydrogen-bond acceptors (Lipinski definition) is 1. The van der Waals surface area contributed by atoms with Crippen molar-refractivity contribution >= 4 is 10.9 Å². The van der Waals surface area contributed by atoms with Crippen molar-refractivity contribution in [2.45, 2.75) is 32.7 Å². The van der Waals surface area contributed by atoms with Crippen LogP contribution in [-0.4, -0.2) is 11.0 Å². The quantitative estimate of drug-likeness (QED) is 0.789. The minimum absolute atomic E-state index is 0.277. The van der Waals surface area contributed by atoms with Gasteiger partial charge in [0.2, 0.25) is 0 Å². The summed E-state index contributed by atoms with van der Waals surface area (Å²) in [6.45, 7) is 4.22. The molecule has 0 amide bonds. The van der Waals surface area contributed by atoms with Crippen LogP contribution in [0, 0.1) is 6.92 Å². The first-order valence-corrected chi connectivity index (χ1v) is 5.49. The molecule has 1 aromatic heterocycles. The van der Waals surface area contributed by atoms with Crippen molar-refractivity contribution in [1.29, 1.82) is 0 Å². The van der Waals surface area contributed by atoms with E-state index in [1.54, 1.807) is 0 Å². The first-order chi connectivity index (χ1) is 7.18. The van der Waals surface area contributed by atoms with Crippen molar-refractivity contribution in [1.82, 2.24) is 4.98 Å². The highest BCUT2D eigenvalue weighted by Crippen LogP contribution is 2.23. The van der Waals surface area contributed by atoms with Gasteiger partial charge < -0.3 is 10.7 Å². The minimum Gasteiger partial charge on any atom is -0.361 e. The lowest BCUT2D eigenvalue weighted by atomic mass is 10.0. The maximum atomic E-state index is 5.78. The van der Waals surface area contributed by atoms with Gasteiger partial charge >= 0.3 is 0 Å². The highest BCUT2D eigenvalue weighted by molar-refractivity contribution is 5.86. The van der Waals surface area contributed by atoms with Gasteiger partial charge in [0.1, 0.15) is 0 Å². The van der Waals surface area contributed by atoms with Gasteiger partial charge in [0.25, 0.3) is 0 Å². The van der Waals surface area contributed by atoms with E-state index in [4.69, 9.17) is 5.73 Å². The maximum absolute atomic E-state index is 5.78. The molecule has 0 fully saturated rings. The van der Waals surface area contributed by atoms with Crippen LogP contribution in [0.4, 0.5) is 0 Å². The highest BCUT2D eigenvalue weighted by Gasteiger charge is 2.06. The Bertz CT molecular complexity index is 455. The fourth-order valence-electron chi connectivity index (χ4n) is 2.03. The third kappa shape index (κ3) is 2.05. The summed E-state index contributed by atoms with van der Waals surface area (Å²) in [5, 5.41) is 1.37. The topological polar surface area (TPSA) is 41.8 Å². The van der Waals surface area contributed by atoms with Crippen LogP contribution in [0.5, 0.6) is 0 Å². The Morgan fingerprint density at radius 3 is 2.93 bits per heavy atom. The van der Waals surface area contributed by atoms with E-state index in [9.17, 15) is 0 Å². The van der Waals surface area contributed by atoms with Gasteiger partial charge in [-0.3, -0.25) is 0 Å². The van der Waals surface area contributed by atoms with Crippen molar-refractivity contribution in [2.24, 2.45) is 5.73 Å². The predicted octanol–water partition coefficient (Wildman–Crippen LogP) is 2.76. The lowest BCUT2D eigenvalue weighted by molar-refractivity contribution is 0.668. The molecule has 2 rings (SSSR count). The normalized spacial score (nSPS) is 13.3. The number of H-pyrrole nitrogens is 1. The average Bonchev–Trinajstić information content (AvgIpc) is 2.59. The zero-order valence-corrected chi connectivity index (χ0v) is 9.38. The molecule has 3 N–H and O–H groups in total. The molecule has 0 bridgehead atoms. The van der Waals surface area contributed by atoms with Crippen molar-refractivity contribution in [3.05, 3.63) is 35.5 Å². The number of rotatable bonds is 3. The second kappa shape index (κ2) is 4.07. The van der Waals surface area contributed by atoms with Gasteiger partial charge in [0.15, 0.2) is 0 Å². The molecule has 0 saturated heterocycles. The molecule has 1 unspecified atom stereocenters. The van der Waals surface area contributed by atoms with Crippen LogP contribution in [0.3, 0.4) is 0 Å². The second-order valence-corrected chi connectivity index (χ2v) is 4.33. The molecule has 0 aliphatic carbocycles. The summed E-state index contributed by atoms with van der Waals surface area (Å²) in [7, 11) is 0. The van der Waals surface area contributed by atoms with Crippen LogP contribution in [-0.2, 0) is 6.42 Å². The fraction of sp³-hybridized carbons (Fsp3) is 0.385. The van der Waals surface area contributed by atoms with E-state index in [1.165, 1.54) is 22.0 Å². The summed E-state index contributed by atoms with van der Waals surface area (Å²) < 4.78 is 0. The molecule has 2 aromatic rings. The van der Waals surface area contributed by atoms with E-state index in [0.717, 1.165) is 12.8 Å². The van der Waals surface area contributed by atoms with E-state index in [0.29, 0.717) is 0 Å². The Morgan fingerprint density at radius 2 is 2.20 bits per heavy atom. The van der Waals surface area contributed by atoms with Crippen LogP contribution >= 0.6 is 0 Å². The predicted molar refractivity (Wildman–Crippen MR) is 65.0 cm³/mol. The molecule has 80 valence electrons. The number of nitrogens with two attached hydrogens (primary N) is 1. The third-order valence-corrected chi connectivity index (χ3v) is 2.86. The number of aromatic nitrogens is 1. The lowest BCUT2D eigenvalue weighted by Crippen LogP contribution is -2.15. The van der Waals surface area contributed by atoms with Gasteiger partial charge in [-0.05, 0) is 43.9 Å². The Kier molecular flexibility index (Phi) is 2.78. The number of nitrogens with one attached hydrogen (secondary N) is 1. The second-order valence-electron chi connectivity index (χ2n) is 4.33. The lowest BCUT2D eigenvalue weighted by Gasteiger charge is -2.04. The van der Waals surface area contributed by atoms with E-state index < -0.39 is 0 Å². The van der Waals surface area contributed by atoms with Crippen LogP contribution in [0.2, 0.25) is 0 Å². The van der Waals surface area contributed by atoms with Crippen LogP contribution < -0.4 is 5.73 Å². The SMILES string of the molecule is Cc1cccc2[nH]cc(CCC(C)N)c12. The molecule has 0 radical (unpaired) electrons. The summed E-state index contributed by atoms with van der Waals surface area (Å²) in [5.74, 6) is 0. The van der Waals surface area contributed by atoms with E-state index >= 15 is 0 Å². The minimum atomic E-state index is 0.277. The summed E-state index contributed by atoms with van der Waals surface area (Å²) in [6.07, 6.45) is 4.21. The van der Waals surface area contributed by atoms with Gasteiger partial charge in [-0.25, -0.2) is 0 Å². The maximum Gasteiger partial charge on any atom is 0.0459 e. The molecule has 15 heavy (non-hydrogen) atoms. The molecular formula is C13H18N2. The molecule has 2 heteroatoms. The number of aromatic amines is 1. The van der Waals surface area contributed by atoms with Crippen LogP contribution in [0.1, 0.15) is 24.5 Å². The van der Waals surface area contributed by atoms with Crippen LogP contribution in [0.25, 0.3) is 10.9 Å². The number of hydrogen-bond donors (Lipinski definition) is 2. The Labute approximate surface area is 90.5 Å². The largest absolute Gasteiger partial charge is 0.361 e. The van der Waals surface area contributed by atoms with E-state index in [1.807, 2.05) is 0 Å². The van der Waals surface area contributed by atoms with Gasteiger partial charge in [-0.2, -0.15) is 0 Å². The Morgan fingerprint density at radius 1 is 1.40 bits per heavy atom. The van der Waals surface area contributed by atoms with Crippen molar-refractivity contribution in [3.63, 3.8) is 0 Å². The van der Waals surface area contributed by atoms with Gasteiger partial charge in [-0.15, -0.1) is 0 Å². The molecule has 0 spiro atoms. The molecule has 1 heterocycles. The highest BCUT2D eigenvalue weighted by atomic mass is 14.7. The molecule has 1 atom stereocenters. The molecule has 2 nitrogen and oxygen atoms in total. The molecule has 0 aliphatic heterocycles.